The van der Waals surface area contributed by atoms with E-state index >= 15 is 0 Å². The lowest BCUT2D eigenvalue weighted by Crippen LogP contribution is -2.60. The highest BCUT2D eigenvalue weighted by Gasteiger charge is 2.38. The van der Waals surface area contributed by atoms with Gasteiger partial charge in [0.05, 0.1) is 6.61 Å². The van der Waals surface area contributed by atoms with E-state index in [0.717, 1.165) is 0 Å². The predicted octanol–water partition coefficient (Wildman–Crippen LogP) is -2.44. The van der Waals surface area contributed by atoms with Gasteiger partial charge >= 0.3 is 0 Å². The van der Waals surface area contributed by atoms with Crippen molar-refractivity contribution < 1.29 is 24.9 Å². The summed E-state index contributed by atoms with van der Waals surface area (Å²) in [5.74, 6) is -0.402. The van der Waals surface area contributed by atoms with E-state index in [2.05, 4.69) is 5.32 Å². The maximum absolute atomic E-state index is 10.6. The highest BCUT2D eigenvalue weighted by molar-refractivity contribution is 5.73. The van der Waals surface area contributed by atoms with Crippen molar-refractivity contribution in [3.63, 3.8) is 0 Å². The summed E-state index contributed by atoms with van der Waals surface area (Å²) in [5, 5.41) is 30.0. The van der Waals surface area contributed by atoms with Crippen molar-refractivity contribution in [3.05, 3.63) is 0 Å². The molecule has 0 saturated carbocycles. The quantitative estimate of drug-likeness (QED) is 0.369. The number of aliphatic hydroxyl groups excluding tert-OH is 3. The lowest BCUT2D eigenvalue weighted by Gasteiger charge is -2.35. The SMILES string of the molecule is CC(=O)N[C@@H]1[C@@H](O)[C@H](O)CO[C@@H]1O. The summed E-state index contributed by atoms with van der Waals surface area (Å²) in [7, 11) is 0. The number of ether oxygens (including phenoxy) is 1. The van der Waals surface area contributed by atoms with Crippen LogP contribution < -0.4 is 5.32 Å². The molecule has 0 aromatic rings. The highest BCUT2D eigenvalue weighted by Crippen LogP contribution is 2.13. The molecule has 1 aliphatic heterocycles. The Morgan fingerprint density at radius 3 is 2.62 bits per heavy atom. The van der Waals surface area contributed by atoms with E-state index in [9.17, 15) is 15.0 Å². The monoisotopic (exact) mass is 191 g/mol. The summed E-state index contributed by atoms with van der Waals surface area (Å²) in [6.07, 6.45) is -3.56. The normalized spacial score (nSPS) is 40.0. The van der Waals surface area contributed by atoms with Crippen molar-refractivity contribution in [2.75, 3.05) is 6.61 Å². The summed E-state index contributed by atoms with van der Waals surface area (Å²) < 4.78 is 4.70. The summed E-state index contributed by atoms with van der Waals surface area (Å²) in [5.41, 5.74) is 0. The molecule has 1 aliphatic rings. The molecule has 1 amide bonds. The standard InChI is InChI=1S/C7H13NO5/c1-3(9)8-5-6(11)4(10)2-13-7(5)12/h4-7,10-12H,2H2,1H3,(H,8,9)/t4-,5-,6+,7+/m1/s1. The second-order valence-corrected chi connectivity index (χ2v) is 3.01. The molecule has 0 aromatic carbocycles. The van der Waals surface area contributed by atoms with E-state index in [4.69, 9.17) is 9.84 Å². The Morgan fingerprint density at radius 2 is 2.08 bits per heavy atom. The number of nitrogens with one attached hydrogen (secondary N) is 1. The van der Waals surface area contributed by atoms with Crippen LogP contribution in [0.3, 0.4) is 0 Å². The van der Waals surface area contributed by atoms with E-state index in [1.165, 1.54) is 6.92 Å². The molecule has 76 valence electrons. The van der Waals surface area contributed by atoms with E-state index in [0.29, 0.717) is 0 Å². The molecule has 1 heterocycles. The van der Waals surface area contributed by atoms with Crippen molar-refractivity contribution in [2.24, 2.45) is 0 Å². The van der Waals surface area contributed by atoms with Gasteiger partial charge in [0.15, 0.2) is 6.29 Å². The number of hydrogen-bond donors (Lipinski definition) is 4. The van der Waals surface area contributed by atoms with Crippen molar-refractivity contribution in [2.45, 2.75) is 31.5 Å². The highest BCUT2D eigenvalue weighted by atomic mass is 16.6. The molecule has 0 unspecified atom stereocenters. The molecule has 0 aromatic heterocycles. The molecular weight excluding hydrogens is 178 g/mol. The van der Waals surface area contributed by atoms with Crippen LogP contribution in [0.25, 0.3) is 0 Å². The van der Waals surface area contributed by atoms with Crippen molar-refractivity contribution >= 4 is 5.91 Å². The van der Waals surface area contributed by atoms with Crippen LogP contribution in [0, 0.1) is 0 Å². The molecule has 13 heavy (non-hydrogen) atoms. The third-order valence-electron chi connectivity index (χ3n) is 1.88. The van der Waals surface area contributed by atoms with Gasteiger partial charge in [0.1, 0.15) is 18.2 Å². The van der Waals surface area contributed by atoms with Crippen molar-refractivity contribution in [1.82, 2.24) is 5.32 Å². The lowest BCUT2D eigenvalue weighted by molar-refractivity contribution is -0.212. The predicted molar refractivity (Wildman–Crippen MR) is 41.6 cm³/mol. The molecule has 0 aliphatic carbocycles. The van der Waals surface area contributed by atoms with Crippen LogP contribution in [-0.2, 0) is 9.53 Å². The first-order valence-electron chi connectivity index (χ1n) is 3.95. The van der Waals surface area contributed by atoms with Gasteiger partial charge in [-0.3, -0.25) is 4.79 Å². The molecule has 4 atom stereocenters. The fourth-order valence-corrected chi connectivity index (χ4v) is 1.20. The third-order valence-corrected chi connectivity index (χ3v) is 1.88. The number of rotatable bonds is 1. The van der Waals surface area contributed by atoms with E-state index in [1.54, 1.807) is 0 Å². The number of carbonyl (C=O) groups excluding carboxylic acids is 1. The van der Waals surface area contributed by atoms with Crippen LogP contribution >= 0.6 is 0 Å². The lowest BCUT2D eigenvalue weighted by atomic mass is 10.0. The Hall–Kier alpha value is -0.690. The summed E-state index contributed by atoms with van der Waals surface area (Å²) >= 11 is 0. The number of hydrogen-bond acceptors (Lipinski definition) is 5. The van der Waals surface area contributed by atoms with Crippen LogP contribution in [0.4, 0.5) is 0 Å². The van der Waals surface area contributed by atoms with Crippen LogP contribution in [-0.4, -0.2) is 52.4 Å². The third kappa shape index (κ3) is 2.38. The summed E-state index contributed by atoms with van der Waals surface area (Å²) in [4.78, 5) is 10.6. The zero-order chi connectivity index (χ0) is 10.0. The average Bonchev–Trinajstić information content (AvgIpc) is 2.05. The van der Waals surface area contributed by atoms with E-state index < -0.39 is 30.4 Å². The maximum atomic E-state index is 10.6. The topological polar surface area (TPSA) is 99.0 Å². The van der Waals surface area contributed by atoms with Crippen molar-refractivity contribution in [3.8, 4) is 0 Å². The zero-order valence-corrected chi connectivity index (χ0v) is 7.17. The first-order valence-corrected chi connectivity index (χ1v) is 3.95. The van der Waals surface area contributed by atoms with Gasteiger partial charge in [-0.25, -0.2) is 0 Å². The van der Waals surface area contributed by atoms with Gasteiger partial charge in [0, 0.05) is 6.92 Å². The summed E-state index contributed by atoms with van der Waals surface area (Å²) in [6, 6.07) is -0.971. The molecular formula is C7H13NO5. The van der Waals surface area contributed by atoms with Crippen LogP contribution in [0.2, 0.25) is 0 Å². The van der Waals surface area contributed by atoms with Gasteiger partial charge in [0.25, 0.3) is 0 Å². The number of amides is 1. The molecule has 1 saturated heterocycles. The molecule has 6 heteroatoms. The van der Waals surface area contributed by atoms with Crippen molar-refractivity contribution in [1.29, 1.82) is 0 Å². The largest absolute Gasteiger partial charge is 0.388 e. The minimum Gasteiger partial charge on any atom is -0.388 e. The van der Waals surface area contributed by atoms with Gasteiger partial charge in [-0.1, -0.05) is 0 Å². The van der Waals surface area contributed by atoms with Gasteiger partial charge in [0.2, 0.25) is 5.91 Å². The maximum Gasteiger partial charge on any atom is 0.217 e. The van der Waals surface area contributed by atoms with Crippen LogP contribution in [0.1, 0.15) is 6.92 Å². The van der Waals surface area contributed by atoms with Gasteiger partial charge in [-0.15, -0.1) is 0 Å². The number of aliphatic hydroxyl groups is 3. The second-order valence-electron chi connectivity index (χ2n) is 3.01. The molecule has 4 N–H and O–H groups in total. The molecule has 1 rings (SSSR count). The minimum atomic E-state index is -1.28. The van der Waals surface area contributed by atoms with Crippen LogP contribution in [0.5, 0.6) is 0 Å². The number of carbonyl (C=O) groups is 1. The molecule has 1 fully saturated rings. The smallest absolute Gasteiger partial charge is 0.217 e. The molecule has 6 nitrogen and oxygen atoms in total. The van der Waals surface area contributed by atoms with E-state index in [-0.39, 0.29) is 6.61 Å². The molecule has 0 radical (unpaired) electrons. The Balaban J connectivity index is 2.60. The van der Waals surface area contributed by atoms with Gasteiger partial charge < -0.3 is 25.4 Å². The second kappa shape index (κ2) is 4.01. The Bertz CT molecular complexity index is 197. The Morgan fingerprint density at radius 1 is 1.46 bits per heavy atom. The summed E-state index contributed by atoms with van der Waals surface area (Å²) in [6.45, 7) is 1.11. The molecule has 0 spiro atoms. The molecule has 0 bridgehead atoms. The van der Waals surface area contributed by atoms with Gasteiger partial charge in [-0.2, -0.15) is 0 Å². The van der Waals surface area contributed by atoms with Gasteiger partial charge in [-0.05, 0) is 0 Å². The minimum absolute atomic E-state index is 0.140. The Labute approximate surface area is 75.1 Å². The van der Waals surface area contributed by atoms with Crippen LogP contribution in [0.15, 0.2) is 0 Å². The average molecular weight is 191 g/mol. The fraction of sp³-hybridized carbons (Fsp3) is 0.857. The van der Waals surface area contributed by atoms with E-state index in [1.807, 2.05) is 0 Å². The fourth-order valence-electron chi connectivity index (χ4n) is 1.20. The zero-order valence-electron chi connectivity index (χ0n) is 7.17. The Kier molecular flexibility index (Phi) is 3.21. The first-order chi connectivity index (χ1) is 6.02. The first kappa shape index (κ1) is 10.4.